The molecule has 0 saturated carbocycles. The maximum absolute atomic E-state index is 4.31. The number of nitrogens with zero attached hydrogens (tertiary/aromatic N) is 2. The van der Waals surface area contributed by atoms with E-state index in [4.69, 9.17) is 0 Å². The molecule has 2 heterocycles. The van der Waals surface area contributed by atoms with Gasteiger partial charge in [0.1, 0.15) is 0 Å². The molecule has 0 aromatic carbocycles. The summed E-state index contributed by atoms with van der Waals surface area (Å²) in [6.07, 6.45) is 3.79. The maximum atomic E-state index is 4.31. The van der Waals surface area contributed by atoms with Gasteiger partial charge in [-0.15, -0.1) is 11.3 Å². The number of rotatable bonds is 6. The molecule has 22 heavy (non-hydrogen) atoms. The molecule has 0 spiro atoms. The van der Waals surface area contributed by atoms with Crippen molar-refractivity contribution in [1.82, 2.24) is 15.5 Å². The van der Waals surface area contributed by atoms with Crippen LogP contribution >= 0.6 is 11.3 Å². The molecular weight excluding hydrogens is 292 g/mol. The number of nitrogens with one attached hydrogen (secondary N) is 2. The molecule has 2 rings (SSSR count). The lowest BCUT2D eigenvalue weighted by molar-refractivity contribution is 0.195. The third kappa shape index (κ3) is 5.61. The molecule has 4 nitrogen and oxygen atoms in total. The Bertz CT molecular complexity index is 461. The highest BCUT2D eigenvalue weighted by Crippen LogP contribution is 2.16. The molecule has 0 atom stereocenters. The molecule has 1 aliphatic heterocycles. The van der Waals surface area contributed by atoms with Crippen LogP contribution in [0.4, 0.5) is 0 Å². The highest BCUT2D eigenvalue weighted by atomic mass is 32.1. The highest BCUT2D eigenvalue weighted by molar-refractivity contribution is 7.11. The molecule has 0 amide bonds. The molecule has 2 N–H and O–H groups in total. The van der Waals surface area contributed by atoms with Crippen molar-refractivity contribution in [1.29, 1.82) is 0 Å². The summed E-state index contributed by atoms with van der Waals surface area (Å²) < 4.78 is 0. The van der Waals surface area contributed by atoms with Gasteiger partial charge in [0.15, 0.2) is 5.96 Å². The zero-order valence-electron chi connectivity index (χ0n) is 14.2. The van der Waals surface area contributed by atoms with Gasteiger partial charge in [-0.1, -0.05) is 13.8 Å². The third-order valence-corrected chi connectivity index (χ3v) is 5.55. The van der Waals surface area contributed by atoms with Gasteiger partial charge in [0.05, 0.1) is 6.54 Å². The molecule has 5 heteroatoms. The normalized spacial score (nSPS) is 17.7. The van der Waals surface area contributed by atoms with Crippen molar-refractivity contribution < 1.29 is 0 Å². The molecule has 0 aliphatic carbocycles. The van der Waals surface area contributed by atoms with Gasteiger partial charge in [-0.05, 0) is 50.4 Å². The van der Waals surface area contributed by atoms with Gasteiger partial charge in [-0.25, -0.2) is 0 Å². The van der Waals surface area contributed by atoms with Crippen LogP contribution in [0.25, 0.3) is 0 Å². The number of hydrogen-bond donors (Lipinski definition) is 2. The van der Waals surface area contributed by atoms with Crippen LogP contribution in [0.2, 0.25) is 0 Å². The summed E-state index contributed by atoms with van der Waals surface area (Å²) in [4.78, 5) is 9.66. The Morgan fingerprint density at radius 1 is 1.27 bits per heavy atom. The molecule has 124 valence electrons. The number of aliphatic imine (C=N–C) groups is 1. The summed E-state index contributed by atoms with van der Waals surface area (Å²) in [7, 11) is 1.84. The number of likely N-dealkylation sites (tertiary alicyclic amines) is 1. The van der Waals surface area contributed by atoms with Gasteiger partial charge in [0.2, 0.25) is 0 Å². The number of piperidine rings is 1. The molecule has 0 radical (unpaired) electrons. The van der Waals surface area contributed by atoms with Crippen LogP contribution in [0.15, 0.2) is 17.1 Å². The molecule has 1 fully saturated rings. The fourth-order valence-electron chi connectivity index (χ4n) is 2.72. The van der Waals surface area contributed by atoms with E-state index < -0.39 is 0 Å². The monoisotopic (exact) mass is 322 g/mol. The Balaban J connectivity index is 1.64. The van der Waals surface area contributed by atoms with Gasteiger partial charge in [-0.3, -0.25) is 4.99 Å². The van der Waals surface area contributed by atoms with Crippen LogP contribution in [0.3, 0.4) is 0 Å². The summed E-state index contributed by atoms with van der Waals surface area (Å²) in [5, 5.41) is 6.82. The lowest BCUT2D eigenvalue weighted by Crippen LogP contribution is -2.43. The zero-order chi connectivity index (χ0) is 15.8. The molecule has 0 unspecified atom stereocenters. The third-order valence-electron chi connectivity index (χ3n) is 4.32. The first-order valence-corrected chi connectivity index (χ1v) is 9.27. The first-order chi connectivity index (χ1) is 10.7. The predicted molar refractivity (Wildman–Crippen MR) is 96.7 cm³/mol. The van der Waals surface area contributed by atoms with Gasteiger partial charge in [0.25, 0.3) is 0 Å². The van der Waals surface area contributed by atoms with E-state index >= 15 is 0 Å². The van der Waals surface area contributed by atoms with Crippen molar-refractivity contribution >= 4 is 17.3 Å². The lowest BCUT2D eigenvalue weighted by atomic mass is 9.99. The van der Waals surface area contributed by atoms with Crippen molar-refractivity contribution in [3.05, 3.63) is 21.9 Å². The van der Waals surface area contributed by atoms with E-state index in [0.717, 1.165) is 37.9 Å². The minimum atomic E-state index is 0.853. The first-order valence-electron chi connectivity index (χ1n) is 8.45. The molecule has 0 bridgehead atoms. The lowest BCUT2D eigenvalue weighted by Gasteiger charge is -2.30. The van der Waals surface area contributed by atoms with Crippen LogP contribution in [0, 0.1) is 5.92 Å². The van der Waals surface area contributed by atoms with Gasteiger partial charge in [0, 0.05) is 29.9 Å². The molecule has 1 aliphatic rings. The van der Waals surface area contributed by atoms with Crippen LogP contribution in [-0.2, 0) is 13.0 Å². The fraction of sp³-hybridized carbons (Fsp3) is 0.706. The summed E-state index contributed by atoms with van der Waals surface area (Å²) >= 11 is 1.88. The van der Waals surface area contributed by atoms with Gasteiger partial charge < -0.3 is 15.5 Å². The second-order valence-electron chi connectivity index (χ2n) is 6.10. The van der Waals surface area contributed by atoms with Gasteiger partial charge >= 0.3 is 0 Å². The van der Waals surface area contributed by atoms with Gasteiger partial charge in [-0.2, -0.15) is 0 Å². The molecule has 1 aromatic heterocycles. The Hall–Kier alpha value is -1.07. The zero-order valence-corrected chi connectivity index (χ0v) is 15.0. The van der Waals surface area contributed by atoms with Crippen molar-refractivity contribution in [2.24, 2.45) is 10.9 Å². The summed E-state index contributed by atoms with van der Waals surface area (Å²) in [5.41, 5.74) is 0. The largest absolute Gasteiger partial charge is 0.355 e. The number of hydrogen-bond acceptors (Lipinski definition) is 3. The Labute approximate surface area is 139 Å². The SMILES string of the molecule is CCc1ccc(CNC(=NC)NCCN2CCC(C)CC2)s1. The summed E-state index contributed by atoms with van der Waals surface area (Å²) in [6, 6.07) is 4.42. The van der Waals surface area contributed by atoms with E-state index in [9.17, 15) is 0 Å². The van der Waals surface area contributed by atoms with E-state index in [2.05, 4.69) is 46.5 Å². The standard InChI is InChI=1S/C17H30N4S/c1-4-15-5-6-16(22-15)13-20-17(18-3)19-9-12-21-10-7-14(2)8-11-21/h5-6,14H,4,7-13H2,1-3H3,(H2,18,19,20). The van der Waals surface area contributed by atoms with E-state index in [1.807, 2.05) is 18.4 Å². The summed E-state index contributed by atoms with van der Waals surface area (Å²) in [5.74, 6) is 1.80. The molecule has 1 aromatic rings. The molecule has 1 saturated heterocycles. The fourth-order valence-corrected chi connectivity index (χ4v) is 3.61. The smallest absolute Gasteiger partial charge is 0.191 e. The minimum Gasteiger partial charge on any atom is -0.355 e. The van der Waals surface area contributed by atoms with E-state index in [-0.39, 0.29) is 0 Å². The second-order valence-corrected chi connectivity index (χ2v) is 7.35. The van der Waals surface area contributed by atoms with Crippen LogP contribution < -0.4 is 10.6 Å². The Kier molecular flexibility index (Phi) is 7.19. The summed E-state index contributed by atoms with van der Waals surface area (Å²) in [6.45, 7) is 9.95. The topological polar surface area (TPSA) is 39.7 Å². The quantitative estimate of drug-likeness (QED) is 0.625. The average Bonchev–Trinajstić information content (AvgIpc) is 3.00. The Morgan fingerprint density at radius 3 is 2.64 bits per heavy atom. The van der Waals surface area contributed by atoms with E-state index in [1.165, 1.54) is 35.7 Å². The van der Waals surface area contributed by atoms with E-state index in [1.54, 1.807) is 0 Å². The number of guanidine groups is 1. The van der Waals surface area contributed by atoms with Crippen LogP contribution in [0.1, 0.15) is 36.4 Å². The highest BCUT2D eigenvalue weighted by Gasteiger charge is 2.14. The van der Waals surface area contributed by atoms with Crippen molar-refractivity contribution in [3.8, 4) is 0 Å². The Morgan fingerprint density at radius 2 is 2.00 bits per heavy atom. The number of aryl methyl sites for hydroxylation is 1. The second kappa shape index (κ2) is 9.16. The number of thiophene rings is 1. The minimum absolute atomic E-state index is 0.853. The van der Waals surface area contributed by atoms with E-state index in [0.29, 0.717) is 0 Å². The molecular formula is C17H30N4S. The van der Waals surface area contributed by atoms with Crippen LogP contribution in [-0.4, -0.2) is 44.1 Å². The maximum Gasteiger partial charge on any atom is 0.191 e. The average molecular weight is 323 g/mol. The van der Waals surface area contributed by atoms with Crippen molar-refractivity contribution in [2.75, 3.05) is 33.2 Å². The predicted octanol–water partition coefficient (Wildman–Crippen LogP) is 2.71. The van der Waals surface area contributed by atoms with Crippen LogP contribution in [0.5, 0.6) is 0 Å². The first kappa shape index (κ1) is 17.3. The van der Waals surface area contributed by atoms with Crippen molar-refractivity contribution in [3.63, 3.8) is 0 Å². The van der Waals surface area contributed by atoms with Crippen molar-refractivity contribution in [2.45, 2.75) is 39.7 Å².